The van der Waals surface area contributed by atoms with E-state index in [1.807, 2.05) is 6.07 Å². The molecule has 0 atom stereocenters. The molecule has 0 radical (unpaired) electrons. The van der Waals surface area contributed by atoms with Crippen LogP contribution in [0.4, 0.5) is 4.39 Å². The van der Waals surface area contributed by atoms with Gasteiger partial charge in [0.05, 0.1) is 13.7 Å². The Morgan fingerprint density at radius 2 is 1.82 bits per heavy atom. The minimum Gasteiger partial charge on any atom is -0.496 e. The van der Waals surface area contributed by atoms with Crippen LogP contribution in [-0.4, -0.2) is 12.2 Å². The Morgan fingerprint density at radius 1 is 1.12 bits per heavy atom. The molecule has 1 N–H and O–H groups in total. The van der Waals surface area contributed by atoms with E-state index in [9.17, 15) is 4.39 Å². The first-order valence-corrected chi connectivity index (χ1v) is 5.28. The van der Waals surface area contributed by atoms with Gasteiger partial charge in [-0.1, -0.05) is 18.2 Å². The van der Waals surface area contributed by atoms with Crippen molar-refractivity contribution >= 4 is 0 Å². The Balaban J connectivity index is 2.51. The summed E-state index contributed by atoms with van der Waals surface area (Å²) in [5.74, 6) is 0.430. The highest BCUT2D eigenvalue weighted by atomic mass is 19.1. The number of aliphatic hydroxyl groups is 1. The van der Waals surface area contributed by atoms with E-state index in [2.05, 4.69) is 0 Å². The molecule has 3 heteroatoms. The molecule has 0 unspecified atom stereocenters. The van der Waals surface area contributed by atoms with E-state index in [-0.39, 0.29) is 12.4 Å². The monoisotopic (exact) mass is 232 g/mol. The van der Waals surface area contributed by atoms with Crippen LogP contribution in [0.15, 0.2) is 42.5 Å². The number of aliphatic hydroxyl groups excluding tert-OH is 1. The van der Waals surface area contributed by atoms with Crippen molar-refractivity contribution in [3.8, 4) is 16.9 Å². The lowest BCUT2D eigenvalue weighted by Gasteiger charge is -2.10. The molecule has 0 aliphatic carbocycles. The molecule has 0 heterocycles. The zero-order valence-electron chi connectivity index (χ0n) is 9.48. The van der Waals surface area contributed by atoms with Gasteiger partial charge in [0.15, 0.2) is 0 Å². The van der Waals surface area contributed by atoms with E-state index in [4.69, 9.17) is 9.84 Å². The molecule has 2 aromatic rings. The normalized spacial score (nSPS) is 10.3. The van der Waals surface area contributed by atoms with Gasteiger partial charge >= 0.3 is 0 Å². The average Bonchev–Trinajstić information content (AvgIpc) is 2.39. The SMILES string of the molecule is COc1ccc(CO)cc1-c1ccc(F)cc1. The second-order valence-electron chi connectivity index (χ2n) is 3.70. The summed E-state index contributed by atoms with van der Waals surface area (Å²) in [5.41, 5.74) is 2.50. The minimum atomic E-state index is -0.272. The molecule has 2 rings (SSSR count). The Morgan fingerprint density at radius 3 is 2.41 bits per heavy atom. The number of ether oxygens (including phenoxy) is 1. The summed E-state index contributed by atoms with van der Waals surface area (Å²) in [6.07, 6.45) is 0. The van der Waals surface area contributed by atoms with Gasteiger partial charge in [-0.25, -0.2) is 4.39 Å². The van der Waals surface area contributed by atoms with Crippen LogP contribution in [0, 0.1) is 5.82 Å². The van der Waals surface area contributed by atoms with Gasteiger partial charge in [-0.3, -0.25) is 0 Å². The van der Waals surface area contributed by atoms with Crippen molar-refractivity contribution in [1.82, 2.24) is 0 Å². The predicted molar refractivity (Wildman–Crippen MR) is 64.3 cm³/mol. The van der Waals surface area contributed by atoms with Crippen molar-refractivity contribution in [2.24, 2.45) is 0 Å². The minimum absolute atomic E-state index is 0.0296. The first kappa shape index (κ1) is 11.6. The maximum atomic E-state index is 12.9. The van der Waals surface area contributed by atoms with Crippen LogP contribution in [0.2, 0.25) is 0 Å². The van der Waals surface area contributed by atoms with Gasteiger partial charge < -0.3 is 9.84 Å². The third kappa shape index (κ3) is 2.45. The van der Waals surface area contributed by atoms with Gasteiger partial charge in [-0.2, -0.15) is 0 Å². The predicted octanol–water partition coefficient (Wildman–Crippen LogP) is 2.99. The van der Waals surface area contributed by atoms with Crippen molar-refractivity contribution in [2.45, 2.75) is 6.61 Å². The summed E-state index contributed by atoms with van der Waals surface area (Å²) in [4.78, 5) is 0. The van der Waals surface area contributed by atoms with Crippen LogP contribution in [0.3, 0.4) is 0 Å². The van der Waals surface area contributed by atoms with Gasteiger partial charge in [0.1, 0.15) is 11.6 Å². The number of hydrogen-bond donors (Lipinski definition) is 1. The summed E-state index contributed by atoms with van der Waals surface area (Å²) in [6, 6.07) is 11.6. The van der Waals surface area contributed by atoms with Gasteiger partial charge in [0.25, 0.3) is 0 Å². The third-order valence-corrected chi connectivity index (χ3v) is 2.60. The summed E-state index contributed by atoms with van der Waals surface area (Å²) < 4.78 is 18.1. The van der Waals surface area contributed by atoms with E-state index in [1.54, 1.807) is 31.4 Å². The Hall–Kier alpha value is -1.87. The molecular weight excluding hydrogens is 219 g/mol. The number of methoxy groups -OCH3 is 1. The quantitative estimate of drug-likeness (QED) is 0.881. The fourth-order valence-corrected chi connectivity index (χ4v) is 1.71. The van der Waals surface area contributed by atoms with Gasteiger partial charge in [0.2, 0.25) is 0 Å². The lowest BCUT2D eigenvalue weighted by molar-refractivity contribution is 0.281. The molecular formula is C14H13FO2. The number of halogens is 1. The number of hydrogen-bond acceptors (Lipinski definition) is 2. The van der Waals surface area contributed by atoms with Gasteiger partial charge in [-0.15, -0.1) is 0 Å². The van der Waals surface area contributed by atoms with Crippen molar-refractivity contribution in [3.05, 3.63) is 53.8 Å². The Kier molecular flexibility index (Phi) is 3.40. The first-order valence-electron chi connectivity index (χ1n) is 5.28. The Bertz CT molecular complexity index is 506. The zero-order valence-corrected chi connectivity index (χ0v) is 9.48. The zero-order chi connectivity index (χ0) is 12.3. The maximum Gasteiger partial charge on any atom is 0.126 e. The maximum absolute atomic E-state index is 12.9. The van der Waals surface area contributed by atoms with Crippen molar-refractivity contribution in [3.63, 3.8) is 0 Å². The summed E-state index contributed by atoms with van der Waals surface area (Å²) in [6.45, 7) is -0.0296. The molecule has 17 heavy (non-hydrogen) atoms. The molecule has 88 valence electrons. The van der Waals surface area contributed by atoms with Crippen LogP contribution in [0.5, 0.6) is 5.75 Å². The van der Waals surface area contributed by atoms with E-state index in [0.717, 1.165) is 16.7 Å². The lowest BCUT2D eigenvalue weighted by Crippen LogP contribution is -1.91. The highest BCUT2D eigenvalue weighted by molar-refractivity contribution is 5.71. The molecule has 0 bridgehead atoms. The van der Waals surface area contributed by atoms with Crippen molar-refractivity contribution in [2.75, 3.05) is 7.11 Å². The average molecular weight is 232 g/mol. The van der Waals surface area contributed by atoms with Crippen LogP contribution in [0.1, 0.15) is 5.56 Å². The molecule has 0 amide bonds. The second kappa shape index (κ2) is 4.97. The van der Waals surface area contributed by atoms with Gasteiger partial charge in [-0.05, 0) is 35.4 Å². The van der Waals surface area contributed by atoms with E-state index in [1.165, 1.54) is 12.1 Å². The molecule has 0 aromatic heterocycles. The molecule has 0 aliphatic rings. The molecule has 0 spiro atoms. The van der Waals surface area contributed by atoms with E-state index < -0.39 is 0 Å². The molecule has 0 aliphatic heterocycles. The fourth-order valence-electron chi connectivity index (χ4n) is 1.71. The lowest BCUT2D eigenvalue weighted by atomic mass is 10.0. The smallest absolute Gasteiger partial charge is 0.126 e. The van der Waals surface area contributed by atoms with Gasteiger partial charge in [0, 0.05) is 5.56 Å². The molecule has 0 saturated carbocycles. The largest absolute Gasteiger partial charge is 0.496 e. The summed E-state index contributed by atoms with van der Waals surface area (Å²) in [5, 5.41) is 9.12. The van der Waals surface area contributed by atoms with Crippen LogP contribution >= 0.6 is 0 Å². The van der Waals surface area contributed by atoms with Crippen LogP contribution in [0.25, 0.3) is 11.1 Å². The molecule has 2 aromatic carbocycles. The van der Waals surface area contributed by atoms with E-state index >= 15 is 0 Å². The van der Waals surface area contributed by atoms with Crippen LogP contribution in [-0.2, 0) is 6.61 Å². The number of rotatable bonds is 3. The second-order valence-corrected chi connectivity index (χ2v) is 3.70. The van der Waals surface area contributed by atoms with Crippen molar-refractivity contribution in [1.29, 1.82) is 0 Å². The fraction of sp³-hybridized carbons (Fsp3) is 0.143. The first-order chi connectivity index (χ1) is 8.24. The molecule has 0 fully saturated rings. The standard InChI is InChI=1S/C14H13FO2/c1-17-14-7-2-10(9-16)8-13(14)11-3-5-12(15)6-4-11/h2-8,16H,9H2,1H3. The van der Waals surface area contributed by atoms with Crippen molar-refractivity contribution < 1.29 is 14.2 Å². The Labute approximate surface area is 99.3 Å². The molecule has 2 nitrogen and oxygen atoms in total. The summed E-state index contributed by atoms with van der Waals surface area (Å²) >= 11 is 0. The van der Waals surface area contributed by atoms with E-state index in [0.29, 0.717) is 5.75 Å². The third-order valence-electron chi connectivity index (χ3n) is 2.60. The highest BCUT2D eigenvalue weighted by Gasteiger charge is 2.06. The number of benzene rings is 2. The highest BCUT2D eigenvalue weighted by Crippen LogP contribution is 2.30. The topological polar surface area (TPSA) is 29.5 Å². The summed E-state index contributed by atoms with van der Waals surface area (Å²) in [7, 11) is 1.58. The molecule has 0 saturated heterocycles. The van der Waals surface area contributed by atoms with Crippen LogP contribution < -0.4 is 4.74 Å².